The van der Waals surface area contributed by atoms with E-state index in [1.165, 1.54) is 0 Å². The molecule has 0 saturated carbocycles. The molecule has 0 aliphatic heterocycles. The van der Waals surface area contributed by atoms with Crippen LogP contribution in [0.15, 0.2) is 10.5 Å². The van der Waals surface area contributed by atoms with Crippen molar-refractivity contribution in [1.82, 2.24) is 0 Å². The first-order valence-electron chi connectivity index (χ1n) is 3.79. The van der Waals surface area contributed by atoms with Gasteiger partial charge < -0.3 is 0 Å². The Kier molecular flexibility index (Phi) is 2.68. The van der Waals surface area contributed by atoms with Crippen molar-refractivity contribution in [3.63, 3.8) is 0 Å². The molecule has 1 aromatic rings. The molecule has 1 rings (SSSR count). The Bertz CT molecular complexity index is 329. The third-order valence-electron chi connectivity index (χ3n) is 2.17. The zero-order valence-electron chi connectivity index (χ0n) is 7.44. The summed E-state index contributed by atoms with van der Waals surface area (Å²) in [4.78, 5) is 10.6. The van der Waals surface area contributed by atoms with Crippen molar-refractivity contribution < 1.29 is 4.79 Å². The van der Waals surface area contributed by atoms with Crippen LogP contribution in [0.4, 0.5) is 0 Å². The van der Waals surface area contributed by atoms with Crippen LogP contribution in [0.25, 0.3) is 0 Å². The third kappa shape index (κ3) is 1.44. The molecule has 12 heavy (non-hydrogen) atoms. The molecule has 0 unspecified atom stereocenters. The Labute approximate surface area is 80.9 Å². The quantitative estimate of drug-likeness (QED) is 0.673. The number of rotatable bonds is 1. The maximum absolute atomic E-state index is 10.6. The van der Waals surface area contributed by atoms with Crippen LogP contribution in [0.3, 0.4) is 0 Å². The van der Waals surface area contributed by atoms with Crippen LogP contribution < -0.4 is 0 Å². The highest BCUT2D eigenvalue weighted by Crippen LogP contribution is 2.25. The molecule has 0 spiro atoms. The molecular formula is C10H11BrO. The van der Waals surface area contributed by atoms with E-state index in [4.69, 9.17) is 0 Å². The van der Waals surface area contributed by atoms with Gasteiger partial charge in [-0.25, -0.2) is 0 Å². The van der Waals surface area contributed by atoms with Crippen LogP contribution in [0.5, 0.6) is 0 Å². The average molecular weight is 227 g/mol. The highest BCUT2D eigenvalue weighted by molar-refractivity contribution is 9.10. The third-order valence-corrected chi connectivity index (χ3v) is 3.39. The fourth-order valence-electron chi connectivity index (χ4n) is 1.20. The van der Waals surface area contributed by atoms with Gasteiger partial charge in [-0.2, -0.15) is 0 Å². The van der Waals surface area contributed by atoms with Crippen molar-refractivity contribution in [3.05, 3.63) is 32.8 Å². The van der Waals surface area contributed by atoms with E-state index in [1.54, 1.807) is 0 Å². The highest BCUT2D eigenvalue weighted by Gasteiger charge is 2.06. The van der Waals surface area contributed by atoms with Crippen molar-refractivity contribution in [2.24, 2.45) is 0 Å². The summed E-state index contributed by atoms with van der Waals surface area (Å²) in [6.07, 6.45) is 0.905. The second-order valence-corrected chi connectivity index (χ2v) is 3.76. The first kappa shape index (κ1) is 9.46. The Hall–Kier alpha value is -0.630. The minimum Gasteiger partial charge on any atom is -0.298 e. The summed E-state index contributed by atoms with van der Waals surface area (Å²) >= 11 is 3.48. The summed E-state index contributed by atoms with van der Waals surface area (Å²) in [5.41, 5.74) is 4.10. The summed E-state index contributed by atoms with van der Waals surface area (Å²) in [6.45, 7) is 5.96. The van der Waals surface area contributed by atoms with Gasteiger partial charge in [0.15, 0.2) is 0 Å². The number of benzene rings is 1. The molecule has 0 fully saturated rings. The number of aryl methyl sites for hydroxylation is 1. The molecule has 1 aromatic carbocycles. The van der Waals surface area contributed by atoms with Gasteiger partial charge in [-0.3, -0.25) is 4.79 Å². The molecule has 0 heterocycles. The maximum atomic E-state index is 10.6. The number of hydrogen-bond acceptors (Lipinski definition) is 1. The number of carbonyl (C=O) groups is 1. The molecular weight excluding hydrogens is 216 g/mol. The Morgan fingerprint density at radius 1 is 1.25 bits per heavy atom. The molecule has 0 saturated heterocycles. The van der Waals surface area contributed by atoms with Gasteiger partial charge in [0, 0.05) is 10.0 Å². The van der Waals surface area contributed by atoms with E-state index in [2.05, 4.69) is 15.9 Å². The van der Waals surface area contributed by atoms with Crippen molar-refractivity contribution in [2.75, 3.05) is 0 Å². The van der Waals surface area contributed by atoms with E-state index in [0.717, 1.165) is 33.0 Å². The lowest BCUT2D eigenvalue weighted by atomic mass is 10.0. The lowest BCUT2D eigenvalue weighted by Gasteiger charge is -2.08. The average Bonchev–Trinajstić information content (AvgIpc) is 2.08. The van der Waals surface area contributed by atoms with Crippen LogP contribution >= 0.6 is 15.9 Å². The topological polar surface area (TPSA) is 17.1 Å². The minimum atomic E-state index is 0.785. The first-order chi connectivity index (χ1) is 5.57. The summed E-state index contributed by atoms with van der Waals surface area (Å²) in [5.74, 6) is 0. The maximum Gasteiger partial charge on any atom is 0.150 e. The summed E-state index contributed by atoms with van der Waals surface area (Å²) < 4.78 is 1.10. The SMILES string of the molecule is Cc1cc(C=O)c(C)c(C)c1Br. The molecule has 2 heteroatoms. The van der Waals surface area contributed by atoms with Crippen LogP contribution in [-0.2, 0) is 0 Å². The van der Waals surface area contributed by atoms with Gasteiger partial charge in [-0.05, 0) is 43.5 Å². The second kappa shape index (κ2) is 3.40. The predicted octanol–water partition coefficient (Wildman–Crippen LogP) is 3.19. The number of hydrogen-bond donors (Lipinski definition) is 0. The molecule has 0 aliphatic carbocycles. The second-order valence-electron chi connectivity index (χ2n) is 2.96. The monoisotopic (exact) mass is 226 g/mol. The summed E-state index contributed by atoms with van der Waals surface area (Å²) in [7, 11) is 0. The molecule has 1 nitrogen and oxygen atoms in total. The number of halogens is 1. The van der Waals surface area contributed by atoms with Gasteiger partial charge in [0.05, 0.1) is 0 Å². The molecule has 0 atom stereocenters. The van der Waals surface area contributed by atoms with E-state index in [9.17, 15) is 4.79 Å². The van der Waals surface area contributed by atoms with E-state index in [0.29, 0.717) is 0 Å². The van der Waals surface area contributed by atoms with Crippen molar-refractivity contribution >= 4 is 22.2 Å². The van der Waals surface area contributed by atoms with Crippen LogP contribution in [0.1, 0.15) is 27.0 Å². The molecule has 0 N–H and O–H groups in total. The van der Waals surface area contributed by atoms with E-state index in [1.807, 2.05) is 26.8 Å². The fourth-order valence-corrected chi connectivity index (χ4v) is 1.62. The highest BCUT2D eigenvalue weighted by atomic mass is 79.9. The molecule has 0 radical (unpaired) electrons. The molecule has 0 aliphatic rings. The normalized spacial score (nSPS) is 10.0. The minimum absolute atomic E-state index is 0.785. The van der Waals surface area contributed by atoms with Crippen LogP contribution in [0, 0.1) is 20.8 Å². The lowest BCUT2D eigenvalue weighted by Crippen LogP contribution is -1.93. The Morgan fingerprint density at radius 3 is 2.33 bits per heavy atom. The van der Waals surface area contributed by atoms with Crippen LogP contribution in [0.2, 0.25) is 0 Å². The largest absolute Gasteiger partial charge is 0.298 e. The van der Waals surface area contributed by atoms with E-state index >= 15 is 0 Å². The van der Waals surface area contributed by atoms with Gasteiger partial charge in [-0.1, -0.05) is 15.9 Å². The fraction of sp³-hybridized carbons (Fsp3) is 0.300. The predicted molar refractivity (Wildman–Crippen MR) is 53.7 cm³/mol. The Morgan fingerprint density at radius 2 is 1.83 bits per heavy atom. The summed E-state index contributed by atoms with van der Waals surface area (Å²) in [6, 6.07) is 1.90. The summed E-state index contributed by atoms with van der Waals surface area (Å²) in [5, 5.41) is 0. The molecule has 0 amide bonds. The van der Waals surface area contributed by atoms with Crippen molar-refractivity contribution in [3.8, 4) is 0 Å². The first-order valence-corrected chi connectivity index (χ1v) is 4.58. The van der Waals surface area contributed by atoms with E-state index in [-0.39, 0.29) is 0 Å². The molecule has 64 valence electrons. The standard InChI is InChI=1S/C10H11BrO/c1-6-4-9(5-12)7(2)8(3)10(6)11/h4-5H,1-3H3. The van der Waals surface area contributed by atoms with Gasteiger partial charge in [0.1, 0.15) is 6.29 Å². The zero-order valence-corrected chi connectivity index (χ0v) is 9.03. The van der Waals surface area contributed by atoms with E-state index < -0.39 is 0 Å². The molecule has 0 aromatic heterocycles. The lowest BCUT2D eigenvalue weighted by molar-refractivity contribution is 0.112. The number of aldehydes is 1. The van der Waals surface area contributed by atoms with Gasteiger partial charge >= 0.3 is 0 Å². The van der Waals surface area contributed by atoms with Gasteiger partial charge in [0.25, 0.3) is 0 Å². The van der Waals surface area contributed by atoms with Gasteiger partial charge in [0.2, 0.25) is 0 Å². The zero-order chi connectivity index (χ0) is 9.30. The van der Waals surface area contributed by atoms with Crippen molar-refractivity contribution in [2.45, 2.75) is 20.8 Å². The van der Waals surface area contributed by atoms with Crippen molar-refractivity contribution in [1.29, 1.82) is 0 Å². The van der Waals surface area contributed by atoms with Gasteiger partial charge in [-0.15, -0.1) is 0 Å². The smallest absolute Gasteiger partial charge is 0.150 e. The van der Waals surface area contributed by atoms with Crippen LogP contribution in [-0.4, -0.2) is 6.29 Å². The number of carbonyl (C=O) groups excluding carboxylic acids is 1. The Balaban J connectivity index is 3.49. The molecule has 0 bridgehead atoms.